The van der Waals surface area contributed by atoms with E-state index in [0.29, 0.717) is 5.69 Å². The molecule has 3 rings (SSSR count). The van der Waals surface area contributed by atoms with Crippen LogP contribution in [0.15, 0.2) is 42.7 Å². The highest BCUT2D eigenvalue weighted by molar-refractivity contribution is 5.86. The van der Waals surface area contributed by atoms with Crippen molar-refractivity contribution >= 4 is 22.4 Å². The predicted molar refractivity (Wildman–Crippen MR) is 75.4 cm³/mol. The summed E-state index contributed by atoms with van der Waals surface area (Å²) in [7, 11) is 0. The van der Waals surface area contributed by atoms with Gasteiger partial charge in [-0.25, -0.2) is 0 Å². The normalized spacial score (nSPS) is 10.2. The minimum absolute atomic E-state index is 0.0531. The first-order valence-corrected chi connectivity index (χ1v) is 6.30. The van der Waals surface area contributed by atoms with E-state index >= 15 is 0 Å². The Morgan fingerprint density at radius 2 is 2.05 bits per heavy atom. The lowest BCUT2D eigenvalue weighted by Gasteiger charge is -2.00. The molecular weight excluding hydrogens is 240 g/mol. The number of rotatable bonds is 2. The van der Waals surface area contributed by atoms with Crippen molar-refractivity contribution in [3.63, 3.8) is 0 Å². The zero-order valence-corrected chi connectivity index (χ0v) is 11.0. The number of carbonyl (C=O) groups is 1. The summed E-state index contributed by atoms with van der Waals surface area (Å²) in [4.78, 5) is 14.8. The molecule has 4 nitrogen and oxygen atoms in total. The Morgan fingerprint density at radius 1 is 1.32 bits per heavy atom. The van der Waals surface area contributed by atoms with E-state index in [-0.39, 0.29) is 6.42 Å². The number of aromatic nitrogens is 2. The number of nitrogens with zero attached hydrogens (tertiary/aromatic N) is 2. The Labute approximate surface area is 111 Å². The highest BCUT2D eigenvalue weighted by atomic mass is 16.4. The molecule has 19 heavy (non-hydrogen) atoms. The molecule has 1 N–H and O–H groups in total. The molecule has 0 unspecified atom stereocenters. The van der Waals surface area contributed by atoms with E-state index in [2.05, 4.69) is 4.98 Å². The fourth-order valence-electron chi connectivity index (χ4n) is 2.02. The SMILES string of the molecule is CC.O=C(O)Cc1cn2c(cn1)cc1ccccc12. The molecule has 1 aromatic carbocycles. The molecule has 4 heteroatoms. The first kappa shape index (κ1) is 13.1. The van der Waals surface area contributed by atoms with Crippen LogP contribution < -0.4 is 0 Å². The van der Waals surface area contributed by atoms with Crippen LogP contribution >= 0.6 is 0 Å². The van der Waals surface area contributed by atoms with Gasteiger partial charge in [-0.2, -0.15) is 0 Å². The Hall–Kier alpha value is -2.36. The minimum Gasteiger partial charge on any atom is -0.481 e. The third-order valence-corrected chi connectivity index (χ3v) is 2.75. The first-order valence-electron chi connectivity index (χ1n) is 6.30. The predicted octanol–water partition coefficient (Wildman–Crippen LogP) is 3.14. The molecule has 3 aromatic rings. The quantitative estimate of drug-likeness (QED) is 0.766. The molecule has 0 aliphatic heterocycles. The average molecular weight is 256 g/mol. The van der Waals surface area contributed by atoms with Gasteiger partial charge in [-0.05, 0) is 12.1 Å². The van der Waals surface area contributed by atoms with E-state index in [0.717, 1.165) is 16.4 Å². The summed E-state index contributed by atoms with van der Waals surface area (Å²) in [6.07, 6.45) is 3.44. The number of hydrogen-bond acceptors (Lipinski definition) is 2. The third kappa shape index (κ3) is 2.57. The number of carboxylic acid groups (broad SMARTS) is 1. The lowest BCUT2D eigenvalue weighted by atomic mass is 10.2. The van der Waals surface area contributed by atoms with Crippen molar-refractivity contribution in [3.8, 4) is 0 Å². The Kier molecular flexibility index (Phi) is 3.80. The maximum absolute atomic E-state index is 10.7. The Bertz CT molecular complexity index is 716. The van der Waals surface area contributed by atoms with Crippen LogP contribution in [0.3, 0.4) is 0 Å². The van der Waals surface area contributed by atoms with Crippen LogP contribution in [0.1, 0.15) is 19.5 Å². The van der Waals surface area contributed by atoms with Gasteiger partial charge in [0.1, 0.15) is 0 Å². The number of carboxylic acids is 1. The lowest BCUT2D eigenvalue weighted by Crippen LogP contribution is -2.03. The van der Waals surface area contributed by atoms with Gasteiger partial charge >= 0.3 is 5.97 Å². The molecular formula is C15H16N2O2. The lowest BCUT2D eigenvalue weighted by molar-refractivity contribution is -0.136. The number of benzene rings is 1. The summed E-state index contributed by atoms with van der Waals surface area (Å²) in [6.45, 7) is 4.00. The maximum atomic E-state index is 10.7. The van der Waals surface area contributed by atoms with Crippen molar-refractivity contribution in [2.75, 3.05) is 0 Å². The smallest absolute Gasteiger partial charge is 0.309 e. The second-order valence-corrected chi connectivity index (χ2v) is 3.95. The van der Waals surface area contributed by atoms with Gasteiger partial charge in [-0.15, -0.1) is 0 Å². The van der Waals surface area contributed by atoms with Crippen molar-refractivity contribution in [3.05, 3.63) is 48.4 Å². The molecule has 0 bridgehead atoms. The molecule has 0 atom stereocenters. The summed E-state index contributed by atoms with van der Waals surface area (Å²) < 4.78 is 1.97. The number of aliphatic carboxylic acids is 1. The van der Waals surface area contributed by atoms with Crippen molar-refractivity contribution in [1.29, 1.82) is 0 Å². The summed E-state index contributed by atoms with van der Waals surface area (Å²) in [6, 6.07) is 10.0. The molecule has 2 aromatic heterocycles. The van der Waals surface area contributed by atoms with Crippen molar-refractivity contribution < 1.29 is 9.90 Å². The monoisotopic (exact) mass is 256 g/mol. The van der Waals surface area contributed by atoms with Gasteiger partial charge in [-0.1, -0.05) is 32.0 Å². The molecule has 0 fully saturated rings. The van der Waals surface area contributed by atoms with E-state index < -0.39 is 5.97 Å². The number of fused-ring (bicyclic) bond motifs is 3. The Morgan fingerprint density at radius 3 is 2.79 bits per heavy atom. The standard InChI is InChI=1S/C13H10N2O2.C2H6/c16-13(17)6-10-8-15-11(7-14-10)5-9-3-1-2-4-12(9)15;1-2/h1-5,7-8H,6H2,(H,16,17);1-2H3. The minimum atomic E-state index is -0.867. The summed E-state index contributed by atoms with van der Waals surface area (Å²) in [5.41, 5.74) is 2.60. The van der Waals surface area contributed by atoms with Crippen LogP contribution in [0.25, 0.3) is 16.4 Å². The van der Waals surface area contributed by atoms with Crippen molar-refractivity contribution in [2.45, 2.75) is 20.3 Å². The first-order chi connectivity index (χ1) is 9.24. The van der Waals surface area contributed by atoms with Gasteiger partial charge in [-0.3, -0.25) is 9.78 Å². The zero-order chi connectivity index (χ0) is 13.8. The summed E-state index contributed by atoms with van der Waals surface area (Å²) in [5.74, 6) is -0.867. The van der Waals surface area contributed by atoms with Gasteiger partial charge < -0.3 is 9.51 Å². The molecule has 2 heterocycles. The third-order valence-electron chi connectivity index (χ3n) is 2.75. The number of hydrogen-bond donors (Lipinski definition) is 1. The van der Waals surface area contributed by atoms with E-state index in [1.807, 2.05) is 48.6 Å². The van der Waals surface area contributed by atoms with Crippen LogP contribution in [0.5, 0.6) is 0 Å². The Balaban J connectivity index is 0.000000637. The van der Waals surface area contributed by atoms with E-state index in [1.165, 1.54) is 0 Å². The van der Waals surface area contributed by atoms with Crippen LogP contribution in [-0.4, -0.2) is 20.5 Å². The average Bonchev–Trinajstić information content (AvgIpc) is 2.78. The van der Waals surface area contributed by atoms with Gasteiger partial charge in [0, 0.05) is 11.6 Å². The van der Waals surface area contributed by atoms with Crippen molar-refractivity contribution in [1.82, 2.24) is 9.38 Å². The molecule has 0 radical (unpaired) electrons. The molecule has 0 spiro atoms. The fraction of sp³-hybridized carbons (Fsp3) is 0.200. The highest BCUT2D eigenvalue weighted by Crippen LogP contribution is 2.19. The maximum Gasteiger partial charge on any atom is 0.309 e. The van der Waals surface area contributed by atoms with Gasteiger partial charge in [0.05, 0.1) is 29.3 Å². The van der Waals surface area contributed by atoms with Crippen LogP contribution in [-0.2, 0) is 11.2 Å². The molecule has 0 amide bonds. The van der Waals surface area contributed by atoms with Crippen LogP contribution in [0, 0.1) is 0 Å². The van der Waals surface area contributed by atoms with E-state index in [4.69, 9.17) is 5.11 Å². The molecule has 98 valence electrons. The zero-order valence-electron chi connectivity index (χ0n) is 11.0. The molecule has 0 aliphatic carbocycles. The van der Waals surface area contributed by atoms with Gasteiger partial charge in [0.15, 0.2) is 0 Å². The highest BCUT2D eigenvalue weighted by Gasteiger charge is 2.06. The summed E-state index contributed by atoms with van der Waals surface area (Å²) >= 11 is 0. The summed E-state index contributed by atoms with van der Waals surface area (Å²) in [5, 5.41) is 9.88. The van der Waals surface area contributed by atoms with Gasteiger partial charge in [0.25, 0.3) is 0 Å². The number of para-hydroxylation sites is 1. The second-order valence-electron chi connectivity index (χ2n) is 3.95. The topological polar surface area (TPSA) is 54.6 Å². The van der Waals surface area contributed by atoms with Crippen molar-refractivity contribution in [2.24, 2.45) is 0 Å². The van der Waals surface area contributed by atoms with E-state index in [1.54, 1.807) is 12.4 Å². The van der Waals surface area contributed by atoms with Crippen LogP contribution in [0.2, 0.25) is 0 Å². The van der Waals surface area contributed by atoms with Gasteiger partial charge in [0.2, 0.25) is 0 Å². The fourth-order valence-corrected chi connectivity index (χ4v) is 2.02. The molecule has 0 saturated heterocycles. The molecule has 0 saturated carbocycles. The second kappa shape index (κ2) is 5.52. The van der Waals surface area contributed by atoms with E-state index in [9.17, 15) is 4.79 Å². The largest absolute Gasteiger partial charge is 0.481 e. The molecule has 0 aliphatic rings. The van der Waals surface area contributed by atoms with Crippen LogP contribution in [0.4, 0.5) is 0 Å².